The van der Waals surface area contributed by atoms with Crippen LogP contribution in [0.3, 0.4) is 0 Å². The van der Waals surface area contributed by atoms with Gasteiger partial charge in [0.05, 0.1) is 47.4 Å². The zero-order valence-corrected chi connectivity index (χ0v) is 25.2. The van der Waals surface area contributed by atoms with Crippen molar-refractivity contribution >= 4 is 23.1 Å². The molecule has 12 nitrogen and oxygen atoms in total. The number of fused-ring (bicyclic) bond motifs is 5. The van der Waals surface area contributed by atoms with Gasteiger partial charge < -0.3 is 19.3 Å². The first kappa shape index (κ1) is 28.6. The Bertz CT molecular complexity index is 1720. The number of aliphatic hydroxyl groups is 1. The minimum atomic E-state index is -0.132. The SMILES string of the molecule is CC1Oc2c(cnn2C)-c2ccc3c(c2)c(nn3C2CCCCO2)/C=C/c2c(OCC#N)nn(CCO)c2CN2CCC[C@H]12. The van der Waals surface area contributed by atoms with Gasteiger partial charge >= 0.3 is 0 Å². The summed E-state index contributed by atoms with van der Waals surface area (Å²) >= 11 is 0. The monoisotopic (exact) mass is 598 g/mol. The third-order valence-corrected chi connectivity index (χ3v) is 9.02. The van der Waals surface area contributed by atoms with E-state index >= 15 is 0 Å². The van der Waals surface area contributed by atoms with Crippen molar-refractivity contribution < 1.29 is 19.3 Å². The van der Waals surface area contributed by atoms with Crippen LogP contribution in [0, 0.1) is 11.3 Å². The fraction of sp³-hybridized carbons (Fsp3) is 0.500. The second-order valence-electron chi connectivity index (χ2n) is 11.8. The molecule has 3 aliphatic heterocycles. The summed E-state index contributed by atoms with van der Waals surface area (Å²) in [6.07, 6.45) is 10.7. The number of aromatic nitrogens is 6. The molecular formula is C32H38N8O4. The van der Waals surface area contributed by atoms with Crippen molar-refractivity contribution in [1.29, 1.82) is 5.26 Å². The molecule has 7 rings (SSSR count). The van der Waals surface area contributed by atoms with Crippen LogP contribution in [0.15, 0.2) is 24.4 Å². The highest BCUT2D eigenvalue weighted by Crippen LogP contribution is 2.38. The van der Waals surface area contributed by atoms with Crippen LogP contribution in [0.25, 0.3) is 34.2 Å². The molecule has 0 spiro atoms. The lowest BCUT2D eigenvalue weighted by Gasteiger charge is -2.30. The lowest BCUT2D eigenvalue weighted by atomic mass is 10.0. The van der Waals surface area contributed by atoms with Crippen LogP contribution < -0.4 is 9.47 Å². The molecule has 2 saturated heterocycles. The van der Waals surface area contributed by atoms with E-state index in [1.54, 1.807) is 9.36 Å². The molecule has 12 heteroatoms. The van der Waals surface area contributed by atoms with Crippen molar-refractivity contribution in [3.05, 3.63) is 41.3 Å². The Balaban J connectivity index is 1.43. The second-order valence-corrected chi connectivity index (χ2v) is 11.8. The van der Waals surface area contributed by atoms with Crippen LogP contribution in [0.5, 0.6) is 11.8 Å². The van der Waals surface area contributed by atoms with Crippen LogP contribution in [0.2, 0.25) is 0 Å². The predicted molar refractivity (Wildman–Crippen MR) is 164 cm³/mol. The van der Waals surface area contributed by atoms with Crippen LogP contribution in [0.4, 0.5) is 0 Å². The number of aryl methyl sites for hydroxylation is 1. The smallest absolute Gasteiger partial charge is 0.241 e. The van der Waals surface area contributed by atoms with Gasteiger partial charge in [0.15, 0.2) is 12.8 Å². The number of aliphatic hydroxyl groups excluding tert-OH is 1. The molecular weight excluding hydrogens is 560 g/mol. The first-order valence-electron chi connectivity index (χ1n) is 15.5. The molecule has 0 aliphatic carbocycles. The number of benzene rings is 1. The van der Waals surface area contributed by atoms with Crippen molar-refractivity contribution in [2.45, 2.75) is 70.5 Å². The molecule has 3 aliphatic rings. The lowest BCUT2D eigenvalue weighted by Crippen LogP contribution is -2.41. The van der Waals surface area contributed by atoms with Gasteiger partial charge in [0.1, 0.15) is 12.2 Å². The van der Waals surface area contributed by atoms with Gasteiger partial charge in [-0.25, -0.2) is 9.36 Å². The number of hydrogen-bond donors (Lipinski definition) is 1. The van der Waals surface area contributed by atoms with E-state index < -0.39 is 0 Å². The van der Waals surface area contributed by atoms with Gasteiger partial charge in [-0.05, 0) is 75.4 Å². The molecule has 0 saturated carbocycles. The fourth-order valence-electron chi connectivity index (χ4n) is 6.85. The summed E-state index contributed by atoms with van der Waals surface area (Å²) < 4.78 is 24.3. The Hall–Kier alpha value is -4.18. The Morgan fingerprint density at radius 2 is 2.07 bits per heavy atom. The quantitative estimate of drug-likeness (QED) is 0.360. The van der Waals surface area contributed by atoms with Crippen molar-refractivity contribution in [2.75, 3.05) is 26.4 Å². The van der Waals surface area contributed by atoms with Crippen LogP contribution >= 0.6 is 0 Å². The molecule has 3 aromatic heterocycles. The van der Waals surface area contributed by atoms with Crippen LogP contribution in [0.1, 0.15) is 62.2 Å². The minimum absolute atomic E-state index is 0.0685. The molecule has 2 unspecified atom stereocenters. The third kappa shape index (κ3) is 5.15. The van der Waals surface area contributed by atoms with Gasteiger partial charge in [-0.15, -0.1) is 5.10 Å². The molecule has 4 aromatic rings. The van der Waals surface area contributed by atoms with Crippen molar-refractivity contribution in [1.82, 2.24) is 34.2 Å². The second kappa shape index (κ2) is 12.1. The average Bonchev–Trinajstić information content (AvgIpc) is 3.81. The van der Waals surface area contributed by atoms with E-state index in [2.05, 4.69) is 41.2 Å². The standard InChI is InChI=1S/C32H38N8O4/c1-21-27-6-5-13-38(27)20-29-23(31(43-17-12-33)36-39(29)14-15-41)9-10-26-24-18-22(25-19-34-37(2)32(25)44-21)8-11-28(24)40(35-26)30-7-3-4-16-42-30/h8-11,18-19,21,27,30,41H,3-7,13-17,20H2,1-2H3/b10-9+/t21?,27-,30?/m1/s1. The average molecular weight is 599 g/mol. The van der Waals surface area contributed by atoms with Crippen molar-refractivity contribution in [2.24, 2.45) is 7.05 Å². The Morgan fingerprint density at radius 3 is 2.89 bits per heavy atom. The highest BCUT2D eigenvalue weighted by molar-refractivity contribution is 5.93. The zero-order valence-electron chi connectivity index (χ0n) is 25.2. The highest BCUT2D eigenvalue weighted by atomic mass is 16.5. The summed E-state index contributed by atoms with van der Waals surface area (Å²) in [4.78, 5) is 2.42. The molecule has 2 fully saturated rings. The topological polar surface area (TPSA) is 128 Å². The Labute approximate surface area is 256 Å². The van der Waals surface area contributed by atoms with E-state index in [0.717, 1.165) is 83.5 Å². The van der Waals surface area contributed by atoms with Crippen molar-refractivity contribution in [3.8, 4) is 29.0 Å². The predicted octanol–water partition coefficient (Wildman–Crippen LogP) is 4.14. The Kier molecular flexibility index (Phi) is 7.84. The van der Waals surface area contributed by atoms with Gasteiger partial charge in [0.25, 0.3) is 0 Å². The van der Waals surface area contributed by atoms with E-state index in [4.69, 9.17) is 24.4 Å². The van der Waals surface area contributed by atoms with Crippen LogP contribution in [-0.4, -0.2) is 77.9 Å². The normalized spacial score (nSPS) is 22.8. The maximum Gasteiger partial charge on any atom is 0.241 e. The molecule has 1 aromatic carbocycles. The number of rotatable bonds is 5. The van der Waals surface area contributed by atoms with E-state index in [-0.39, 0.29) is 31.6 Å². The number of nitriles is 1. The molecule has 230 valence electrons. The molecule has 3 atom stereocenters. The van der Waals surface area contributed by atoms with Gasteiger partial charge in [0, 0.05) is 31.6 Å². The van der Waals surface area contributed by atoms with E-state index in [1.807, 2.05) is 30.1 Å². The molecule has 2 bridgehead atoms. The molecule has 1 N–H and O–H groups in total. The summed E-state index contributed by atoms with van der Waals surface area (Å²) in [7, 11) is 1.92. The summed E-state index contributed by atoms with van der Waals surface area (Å²) in [5, 5.41) is 34.5. The summed E-state index contributed by atoms with van der Waals surface area (Å²) in [6.45, 7) is 4.46. The minimum Gasteiger partial charge on any atom is -0.473 e. The maximum atomic E-state index is 9.91. The fourth-order valence-corrected chi connectivity index (χ4v) is 6.85. The van der Waals surface area contributed by atoms with Gasteiger partial charge in [-0.2, -0.15) is 15.5 Å². The zero-order chi connectivity index (χ0) is 30.2. The molecule has 44 heavy (non-hydrogen) atoms. The number of ether oxygens (including phenoxy) is 3. The summed E-state index contributed by atoms with van der Waals surface area (Å²) in [5.41, 5.74) is 5.41. The number of hydrogen-bond acceptors (Lipinski definition) is 9. The lowest BCUT2D eigenvalue weighted by molar-refractivity contribution is -0.0367. The summed E-state index contributed by atoms with van der Waals surface area (Å²) in [5.74, 6) is 1.10. The molecule has 6 heterocycles. The maximum absolute atomic E-state index is 9.91. The van der Waals surface area contributed by atoms with Gasteiger partial charge in [-0.3, -0.25) is 9.58 Å². The number of nitrogens with zero attached hydrogens (tertiary/aromatic N) is 8. The first-order valence-corrected chi connectivity index (χ1v) is 15.5. The van der Waals surface area contributed by atoms with Gasteiger partial charge in [-0.1, -0.05) is 6.07 Å². The van der Waals surface area contributed by atoms with Gasteiger partial charge in [0.2, 0.25) is 11.8 Å². The Morgan fingerprint density at radius 1 is 1.16 bits per heavy atom. The molecule has 0 amide bonds. The third-order valence-electron chi connectivity index (χ3n) is 9.02. The van der Waals surface area contributed by atoms with E-state index in [0.29, 0.717) is 25.6 Å². The first-order chi connectivity index (χ1) is 21.6. The molecule has 0 radical (unpaired) electrons. The summed E-state index contributed by atoms with van der Waals surface area (Å²) in [6, 6.07) is 8.59. The van der Waals surface area contributed by atoms with Crippen molar-refractivity contribution in [3.63, 3.8) is 0 Å². The largest absolute Gasteiger partial charge is 0.473 e. The van der Waals surface area contributed by atoms with E-state index in [9.17, 15) is 10.4 Å². The van der Waals surface area contributed by atoms with E-state index in [1.165, 1.54) is 0 Å². The van der Waals surface area contributed by atoms with Crippen LogP contribution in [-0.2, 0) is 24.9 Å². The highest BCUT2D eigenvalue weighted by Gasteiger charge is 2.34.